The Morgan fingerprint density at radius 3 is 2.48 bits per heavy atom. The fourth-order valence-electron chi connectivity index (χ4n) is 2.13. The first kappa shape index (κ1) is 18.2. The summed E-state index contributed by atoms with van der Waals surface area (Å²) in [6, 6.07) is 18.2. The number of para-hydroxylation sites is 1. The number of amides is 1. The molecule has 0 atom stereocenters. The van der Waals surface area contributed by atoms with Gasteiger partial charge in [0.25, 0.3) is 5.91 Å². The van der Waals surface area contributed by atoms with E-state index in [0.717, 1.165) is 11.4 Å². The Kier molecular flexibility index (Phi) is 5.82. The molecule has 134 valence electrons. The van der Waals surface area contributed by atoms with Gasteiger partial charge in [0.1, 0.15) is 23.1 Å². The molecule has 0 spiro atoms. The second kappa shape index (κ2) is 8.65. The monoisotopic (exact) mass is 376 g/mol. The number of rotatable bonds is 6. The molecule has 3 aromatic rings. The van der Waals surface area contributed by atoms with Crippen LogP contribution < -0.4 is 15.4 Å². The molecule has 0 bridgehead atoms. The number of aryl methyl sites for hydroxylation is 1. The molecule has 2 aromatic carbocycles. The molecule has 2 N–H and O–H groups in total. The van der Waals surface area contributed by atoms with Crippen LogP contribution in [0.25, 0.3) is 0 Å². The molecule has 1 heterocycles. The Morgan fingerprint density at radius 1 is 1.15 bits per heavy atom. The minimum Gasteiger partial charge on any atom is -0.457 e. The second-order valence-corrected chi connectivity index (χ2v) is 6.36. The van der Waals surface area contributed by atoms with Gasteiger partial charge in [-0.15, -0.1) is 11.3 Å². The summed E-state index contributed by atoms with van der Waals surface area (Å²) in [5, 5.41) is 17.3. The van der Waals surface area contributed by atoms with Crippen molar-refractivity contribution in [3.8, 4) is 17.6 Å². The van der Waals surface area contributed by atoms with E-state index in [1.54, 1.807) is 24.3 Å². The average molecular weight is 376 g/mol. The van der Waals surface area contributed by atoms with Crippen LogP contribution in [0.2, 0.25) is 0 Å². The lowest BCUT2D eigenvalue weighted by atomic mass is 10.2. The summed E-state index contributed by atoms with van der Waals surface area (Å²) in [6.45, 7) is 1.87. The lowest BCUT2D eigenvalue weighted by Gasteiger charge is -2.08. The molecule has 6 nitrogen and oxygen atoms in total. The summed E-state index contributed by atoms with van der Waals surface area (Å²) in [5.41, 5.74) is 1.38. The van der Waals surface area contributed by atoms with Crippen molar-refractivity contribution in [2.45, 2.75) is 6.92 Å². The molecule has 0 radical (unpaired) electrons. The van der Waals surface area contributed by atoms with E-state index in [4.69, 9.17) is 4.74 Å². The van der Waals surface area contributed by atoms with Crippen molar-refractivity contribution in [2.75, 3.05) is 10.6 Å². The van der Waals surface area contributed by atoms with Crippen molar-refractivity contribution in [2.24, 2.45) is 0 Å². The van der Waals surface area contributed by atoms with Gasteiger partial charge in [-0.05, 0) is 43.3 Å². The molecule has 0 saturated carbocycles. The van der Waals surface area contributed by atoms with Crippen LogP contribution in [0.3, 0.4) is 0 Å². The summed E-state index contributed by atoms with van der Waals surface area (Å²) in [6.07, 6.45) is 1.35. The number of aromatic nitrogens is 1. The third-order valence-electron chi connectivity index (χ3n) is 3.42. The topological polar surface area (TPSA) is 87.0 Å². The van der Waals surface area contributed by atoms with Gasteiger partial charge in [0, 0.05) is 17.3 Å². The largest absolute Gasteiger partial charge is 0.457 e. The number of nitriles is 1. The van der Waals surface area contributed by atoms with Gasteiger partial charge >= 0.3 is 0 Å². The van der Waals surface area contributed by atoms with Crippen molar-refractivity contribution in [3.63, 3.8) is 0 Å². The Balaban J connectivity index is 1.61. The first-order valence-electron chi connectivity index (χ1n) is 8.07. The Morgan fingerprint density at radius 2 is 1.85 bits per heavy atom. The number of benzene rings is 2. The van der Waals surface area contributed by atoms with Crippen LogP contribution in [0.4, 0.5) is 10.8 Å². The third-order valence-corrected chi connectivity index (χ3v) is 4.31. The molecule has 0 fully saturated rings. The van der Waals surface area contributed by atoms with Gasteiger partial charge in [0.2, 0.25) is 0 Å². The number of carbonyl (C=O) groups is 1. The number of ether oxygens (including phenoxy) is 1. The summed E-state index contributed by atoms with van der Waals surface area (Å²) < 4.78 is 5.70. The molecule has 27 heavy (non-hydrogen) atoms. The third kappa shape index (κ3) is 5.17. The van der Waals surface area contributed by atoms with Crippen molar-refractivity contribution in [1.82, 2.24) is 4.98 Å². The SMILES string of the molecule is Cc1csc(N/C=C(/C#N)C(=O)Nc2ccc(Oc3ccccc3)cc2)n1. The first-order valence-corrected chi connectivity index (χ1v) is 8.95. The van der Waals surface area contributed by atoms with Crippen molar-refractivity contribution >= 4 is 28.1 Å². The minimum absolute atomic E-state index is 0.0486. The van der Waals surface area contributed by atoms with Crippen molar-refractivity contribution in [1.29, 1.82) is 5.26 Å². The van der Waals surface area contributed by atoms with Crippen LogP contribution in [0, 0.1) is 18.3 Å². The lowest BCUT2D eigenvalue weighted by molar-refractivity contribution is -0.112. The summed E-state index contributed by atoms with van der Waals surface area (Å²) in [5.74, 6) is 0.874. The molecular formula is C20H16N4O2S. The zero-order chi connectivity index (χ0) is 19.1. The van der Waals surface area contributed by atoms with E-state index in [-0.39, 0.29) is 5.57 Å². The van der Waals surface area contributed by atoms with Crippen LogP contribution >= 0.6 is 11.3 Å². The maximum absolute atomic E-state index is 12.3. The predicted molar refractivity (Wildman–Crippen MR) is 106 cm³/mol. The zero-order valence-corrected chi connectivity index (χ0v) is 15.3. The van der Waals surface area contributed by atoms with Crippen LogP contribution in [-0.2, 0) is 4.79 Å². The van der Waals surface area contributed by atoms with Crippen LogP contribution in [0.5, 0.6) is 11.5 Å². The highest BCUT2D eigenvalue weighted by atomic mass is 32.1. The van der Waals surface area contributed by atoms with Crippen LogP contribution in [0.15, 0.2) is 71.8 Å². The molecule has 0 unspecified atom stereocenters. The summed E-state index contributed by atoms with van der Waals surface area (Å²) in [7, 11) is 0. The normalized spacial score (nSPS) is 10.7. The number of carbonyl (C=O) groups excluding carboxylic acids is 1. The van der Waals surface area contributed by atoms with E-state index >= 15 is 0 Å². The highest BCUT2D eigenvalue weighted by Gasteiger charge is 2.10. The van der Waals surface area contributed by atoms with Gasteiger partial charge in [-0.25, -0.2) is 4.98 Å². The van der Waals surface area contributed by atoms with Gasteiger partial charge < -0.3 is 15.4 Å². The molecule has 7 heteroatoms. The summed E-state index contributed by atoms with van der Waals surface area (Å²) >= 11 is 1.40. The Bertz CT molecular complexity index is 989. The van der Waals surface area contributed by atoms with E-state index in [2.05, 4.69) is 15.6 Å². The predicted octanol–water partition coefficient (Wildman–Crippen LogP) is 4.70. The van der Waals surface area contributed by atoms with Gasteiger partial charge in [-0.3, -0.25) is 4.79 Å². The molecule has 0 aliphatic heterocycles. The molecule has 1 aromatic heterocycles. The molecule has 0 saturated heterocycles. The van der Waals surface area contributed by atoms with Gasteiger partial charge in [-0.1, -0.05) is 18.2 Å². The van der Waals surface area contributed by atoms with E-state index < -0.39 is 5.91 Å². The molecule has 1 amide bonds. The molecular weight excluding hydrogens is 360 g/mol. The quantitative estimate of drug-likeness (QED) is 0.481. The molecule has 0 aliphatic rings. The van der Waals surface area contributed by atoms with Crippen molar-refractivity contribution in [3.05, 3.63) is 77.4 Å². The van der Waals surface area contributed by atoms with Gasteiger partial charge in [-0.2, -0.15) is 5.26 Å². The van der Waals surface area contributed by atoms with Crippen molar-refractivity contribution < 1.29 is 9.53 Å². The standard InChI is InChI=1S/C20H16N4O2S/c1-14-13-27-20(23-14)22-12-15(11-21)19(25)24-16-7-9-18(10-8-16)26-17-5-3-2-4-6-17/h2-10,12-13H,1H3,(H,22,23)(H,24,25)/b15-12-. The maximum atomic E-state index is 12.3. The highest BCUT2D eigenvalue weighted by Crippen LogP contribution is 2.23. The summed E-state index contributed by atoms with van der Waals surface area (Å²) in [4.78, 5) is 16.5. The number of thiazole rings is 1. The van der Waals surface area contributed by atoms with E-state index in [0.29, 0.717) is 16.6 Å². The zero-order valence-electron chi connectivity index (χ0n) is 14.5. The lowest BCUT2D eigenvalue weighted by Crippen LogP contribution is -2.14. The minimum atomic E-state index is -0.505. The first-order chi connectivity index (χ1) is 13.1. The Hall–Kier alpha value is -3.63. The van der Waals surface area contributed by atoms with Gasteiger partial charge in [0.15, 0.2) is 5.13 Å². The van der Waals surface area contributed by atoms with Crippen LogP contribution in [0.1, 0.15) is 5.69 Å². The van der Waals surface area contributed by atoms with E-state index in [9.17, 15) is 10.1 Å². The van der Waals surface area contributed by atoms with Gasteiger partial charge in [0.05, 0.1) is 5.69 Å². The average Bonchev–Trinajstić information content (AvgIpc) is 3.10. The fraction of sp³-hybridized carbons (Fsp3) is 0.0500. The number of nitrogens with zero attached hydrogens (tertiary/aromatic N) is 2. The smallest absolute Gasteiger partial charge is 0.267 e. The number of hydrogen-bond acceptors (Lipinski definition) is 6. The maximum Gasteiger partial charge on any atom is 0.267 e. The number of hydrogen-bond donors (Lipinski definition) is 2. The molecule has 3 rings (SSSR count). The highest BCUT2D eigenvalue weighted by molar-refractivity contribution is 7.13. The molecule has 0 aliphatic carbocycles. The fourth-order valence-corrected chi connectivity index (χ4v) is 2.79. The van der Waals surface area contributed by atoms with Crippen LogP contribution in [-0.4, -0.2) is 10.9 Å². The second-order valence-electron chi connectivity index (χ2n) is 5.50. The number of anilines is 2. The number of nitrogens with one attached hydrogen (secondary N) is 2. The van der Waals surface area contributed by atoms with E-state index in [1.165, 1.54) is 17.5 Å². The Labute approximate surface area is 160 Å². The van der Waals surface area contributed by atoms with E-state index in [1.807, 2.05) is 48.7 Å².